The molecule has 1 N–H and O–H groups in total. The Hall–Kier alpha value is -2.95. The van der Waals surface area contributed by atoms with E-state index in [1.807, 2.05) is 0 Å². The minimum absolute atomic E-state index is 0.202. The first-order valence-electron chi connectivity index (χ1n) is 7.93. The molecule has 0 spiro atoms. The minimum Gasteiger partial charge on any atom is -0.476 e. The summed E-state index contributed by atoms with van der Waals surface area (Å²) in [6, 6.07) is 10.9. The summed E-state index contributed by atoms with van der Waals surface area (Å²) in [6.45, 7) is -0.239. The van der Waals surface area contributed by atoms with Crippen molar-refractivity contribution in [2.24, 2.45) is 0 Å². The Labute approximate surface area is 158 Å². The van der Waals surface area contributed by atoms with Crippen molar-refractivity contribution in [1.29, 1.82) is 0 Å². The van der Waals surface area contributed by atoms with E-state index in [1.54, 1.807) is 18.2 Å². The molecule has 1 aliphatic rings. The van der Waals surface area contributed by atoms with E-state index in [1.165, 1.54) is 18.2 Å². The van der Waals surface area contributed by atoms with Crippen LogP contribution in [0.25, 0.3) is 0 Å². The molecule has 0 saturated heterocycles. The van der Waals surface area contributed by atoms with Gasteiger partial charge in [0.25, 0.3) is 5.91 Å². The first-order valence-corrected chi connectivity index (χ1v) is 9.78. The average molecular weight is 416 g/mol. The third-order valence-corrected chi connectivity index (χ3v) is 4.93. The van der Waals surface area contributed by atoms with Gasteiger partial charge in [0.1, 0.15) is 11.5 Å². The number of para-hydroxylation sites is 2. The van der Waals surface area contributed by atoms with Crippen LogP contribution in [0.3, 0.4) is 0 Å². The quantitative estimate of drug-likeness (QED) is 0.829. The molecule has 0 bridgehead atoms. The Balaban J connectivity index is 1.74. The highest BCUT2D eigenvalue weighted by Crippen LogP contribution is 2.34. The smallest absolute Gasteiger partial charge is 0.476 e. The number of rotatable bonds is 4. The fourth-order valence-electron chi connectivity index (χ4n) is 2.62. The van der Waals surface area contributed by atoms with E-state index in [2.05, 4.69) is 10.1 Å². The highest BCUT2D eigenvalue weighted by molar-refractivity contribution is 7.92. The van der Waals surface area contributed by atoms with Crippen molar-refractivity contribution in [3.8, 4) is 11.5 Å². The molecular formula is C17H15F3N2O5S. The second-order valence-electron chi connectivity index (χ2n) is 5.93. The number of amides is 1. The lowest BCUT2D eigenvalue weighted by molar-refractivity contribution is -0.274. The van der Waals surface area contributed by atoms with Gasteiger partial charge in [-0.3, -0.25) is 9.10 Å². The topological polar surface area (TPSA) is 84.9 Å². The van der Waals surface area contributed by atoms with Crippen LogP contribution in [0.15, 0.2) is 48.5 Å². The van der Waals surface area contributed by atoms with Crippen molar-refractivity contribution in [3.63, 3.8) is 0 Å². The zero-order chi connectivity index (χ0) is 20.5. The molecule has 2 aromatic carbocycles. The SMILES string of the molecule is CS(=O)(=O)N1CC(C(=O)Nc2ccc(OC(F)(F)F)cc2)Oc2ccccc21. The molecule has 7 nitrogen and oxygen atoms in total. The van der Waals surface area contributed by atoms with Crippen molar-refractivity contribution in [2.45, 2.75) is 12.5 Å². The summed E-state index contributed by atoms with van der Waals surface area (Å²) in [5.74, 6) is -0.850. The average Bonchev–Trinajstić information content (AvgIpc) is 2.60. The Bertz CT molecular complexity index is 977. The number of nitrogens with zero attached hydrogens (tertiary/aromatic N) is 1. The Morgan fingerprint density at radius 2 is 1.82 bits per heavy atom. The Morgan fingerprint density at radius 1 is 1.18 bits per heavy atom. The molecule has 0 fully saturated rings. The van der Waals surface area contributed by atoms with Crippen LogP contribution in [0.1, 0.15) is 0 Å². The van der Waals surface area contributed by atoms with Gasteiger partial charge in [-0.15, -0.1) is 13.2 Å². The summed E-state index contributed by atoms with van der Waals surface area (Å²) >= 11 is 0. The van der Waals surface area contributed by atoms with Gasteiger partial charge in [-0.2, -0.15) is 0 Å². The van der Waals surface area contributed by atoms with E-state index >= 15 is 0 Å². The van der Waals surface area contributed by atoms with Crippen LogP contribution in [-0.4, -0.2) is 39.6 Å². The molecule has 2 aromatic rings. The van der Waals surface area contributed by atoms with Crippen molar-refractivity contribution in [1.82, 2.24) is 0 Å². The molecule has 0 saturated carbocycles. The van der Waals surface area contributed by atoms with Gasteiger partial charge in [0.05, 0.1) is 18.5 Å². The summed E-state index contributed by atoms with van der Waals surface area (Å²) in [6.07, 6.45) is -4.94. The second-order valence-corrected chi connectivity index (χ2v) is 7.84. The third kappa shape index (κ3) is 4.66. The molecule has 28 heavy (non-hydrogen) atoms. The van der Waals surface area contributed by atoms with Gasteiger partial charge >= 0.3 is 6.36 Å². The lowest BCUT2D eigenvalue weighted by Crippen LogP contribution is -2.48. The van der Waals surface area contributed by atoms with E-state index < -0.39 is 34.1 Å². The van der Waals surface area contributed by atoms with E-state index in [9.17, 15) is 26.4 Å². The number of anilines is 2. The second kappa shape index (κ2) is 7.23. The molecule has 1 atom stereocenters. The van der Waals surface area contributed by atoms with Crippen LogP contribution in [0.2, 0.25) is 0 Å². The summed E-state index contributed by atoms with van der Waals surface area (Å²) < 4.78 is 71.1. The standard InChI is InChI=1S/C17H15F3N2O5S/c1-28(24,25)22-10-15(26-14-5-3-2-4-13(14)22)16(23)21-11-6-8-12(9-7-11)27-17(18,19)20/h2-9,15H,10H2,1H3,(H,21,23). The van der Waals surface area contributed by atoms with Gasteiger partial charge in [0, 0.05) is 5.69 Å². The summed E-state index contributed by atoms with van der Waals surface area (Å²) in [5.41, 5.74) is 0.524. The molecule has 1 unspecified atom stereocenters. The zero-order valence-electron chi connectivity index (χ0n) is 14.4. The fraction of sp³-hybridized carbons (Fsp3) is 0.235. The first-order chi connectivity index (χ1) is 13.0. The molecule has 3 rings (SSSR count). The maximum absolute atomic E-state index is 12.5. The predicted octanol–water partition coefficient (Wildman–Crippen LogP) is 2.75. The number of hydrogen-bond donors (Lipinski definition) is 1. The van der Waals surface area contributed by atoms with Crippen LogP contribution >= 0.6 is 0 Å². The lowest BCUT2D eigenvalue weighted by atomic mass is 10.2. The van der Waals surface area contributed by atoms with Crippen molar-refractivity contribution < 1.29 is 35.9 Å². The maximum atomic E-state index is 12.5. The predicted molar refractivity (Wildman–Crippen MR) is 94.8 cm³/mol. The number of carbonyl (C=O) groups excluding carboxylic acids is 1. The molecule has 0 aliphatic carbocycles. The lowest BCUT2D eigenvalue weighted by Gasteiger charge is -2.33. The van der Waals surface area contributed by atoms with Crippen molar-refractivity contribution >= 4 is 27.3 Å². The van der Waals surface area contributed by atoms with Crippen LogP contribution < -0.4 is 19.1 Å². The van der Waals surface area contributed by atoms with Gasteiger partial charge < -0.3 is 14.8 Å². The molecule has 150 valence electrons. The zero-order valence-corrected chi connectivity index (χ0v) is 15.3. The number of halogens is 3. The van der Waals surface area contributed by atoms with Gasteiger partial charge in [-0.25, -0.2) is 8.42 Å². The maximum Gasteiger partial charge on any atom is 0.573 e. The number of alkyl halides is 3. The molecule has 1 amide bonds. The monoisotopic (exact) mass is 416 g/mol. The van der Waals surface area contributed by atoms with Crippen LogP contribution in [-0.2, 0) is 14.8 Å². The van der Waals surface area contributed by atoms with Crippen molar-refractivity contribution in [2.75, 3.05) is 22.4 Å². The van der Waals surface area contributed by atoms with Gasteiger partial charge in [-0.05, 0) is 36.4 Å². The van der Waals surface area contributed by atoms with E-state index in [4.69, 9.17) is 4.74 Å². The number of fused-ring (bicyclic) bond motifs is 1. The highest BCUT2D eigenvalue weighted by atomic mass is 32.2. The minimum atomic E-state index is -4.82. The normalized spacial score (nSPS) is 16.7. The van der Waals surface area contributed by atoms with E-state index in [0.717, 1.165) is 22.7 Å². The fourth-order valence-corrected chi connectivity index (χ4v) is 3.53. The highest BCUT2D eigenvalue weighted by Gasteiger charge is 2.35. The molecular weight excluding hydrogens is 401 g/mol. The number of carbonyl (C=O) groups is 1. The van der Waals surface area contributed by atoms with Gasteiger partial charge in [0.15, 0.2) is 6.10 Å². The Morgan fingerprint density at radius 3 is 2.43 bits per heavy atom. The number of hydrogen-bond acceptors (Lipinski definition) is 5. The number of nitrogens with one attached hydrogen (secondary N) is 1. The van der Waals surface area contributed by atoms with Crippen LogP contribution in [0.5, 0.6) is 11.5 Å². The number of sulfonamides is 1. The summed E-state index contributed by atoms with van der Waals surface area (Å²) in [7, 11) is -3.65. The summed E-state index contributed by atoms with van der Waals surface area (Å²) in [5, 5.41) is 2.48. The van der Waals surface area contributed by atoms with E-state index in [0.29, 0.717) is 5.69 Å². The third-order valence-electron chi connectivity index (χ3n) is 3.78. The Kier molecular flexibility index (Phi) is 5.11. The molecule has 1 heterocycles. The van der Waals surface area contributed by atoms with Crippen LogP contribution in [0.4, 0.5) is 24.5 Å². The van der Waals surface area contributed by atoms with Gasteiger partial charge in [-0.1, -0.05) is 12.1 Å². The molecule has 0 radical (unpaired) electrons. The van der Waals surface area contributed by atoms with Crippen molar-refractivity contribution in [3.05, 3.63) is 48.5 Å². The molecule has 11 heteroatoms. The van der Waals surface area contributed by atoms with E-state index in [-0.39, 0.29) is 18.0 Å². The van der Waals surface area contributed by atoms with Gasteiger partial charge in [0.2, 0.25) is 10.0 Å². The number of ether oxygens (including phenoxy) is 2. The largest absolute Gasteiger partial charge is 0.573 e. The molecule has 1 aliphatic heterocycles. The van der Waals surface area contributed by atoms with Crippen LogP contribution in [0, 0.1) is 0 Å². The number of benzene rings is 2. The summed E-state index contributed by atoms with van der Waals surface area (Å²) in [4.78, 5) is 12.5. The first kappa shape index (κ1) is 19.8. The molecule has 0 aromatic heterocycles.